The average molecular weight is 335 g/mol. The number of hydroxylamine groups is 2. The van der Waals surface area contributed by atoms with Crippen LogP contribution in [-0.4, -0.2) is 24.1 Å². The number of benzene rings is 3. The second-order valence-corrected chi connectivity index (χ2v) is 5.74. The number of fused-ring (bicyclic) bond motifs is 1. The number of hydrogen-bond acceptors (Lipinski definition) is 3. The molecule has 0 N–H and O–H groups in total. The van der Waals surface area contributed by atoms with E-state index in [1.165, 1.54) is 17.4 Å². The van der Waals surface area contributed by atoms with Gasteiger partial charge >= 0.3 is 0 Å². The van der Waals surface area contributed by atoms with Crippen molar-refractivity contribution in [1.29, 1.82) is 0 Å². The number of hydrogen-bond donors (Lipinski definition) is 0. The van der Waals surface area contributed by atoms with Crippen LogP contribution in [0.4, 0.5) is 0 Å². The van der Waals surface area contributed by atoms with Gasteiger partial charge in [0.05, 0.1) is 6.54 Å². The maximum Gasteiger partial charge on any atom is 0.243 e. The Morgan fingerprint density at radius 1 is 0.920 bits per heavy atom. The molecule has 0 aromatic heterocycles. The van der Waals surface area contributed by atoms with Crippen molar-refractivity contribution < 1.29 is 14.4 Å². The van der Waals surface area contributed by atoms with Crippen LogP contribution in [-0.2, 0) is 16.2 Å². The fraction of sp³-hybridized carbons (Fsp3) is 0.190. The van der Waals surface area contributed by atoms with E-state index in [1.807, 2.05) is 66.7 Å². The van der Waals surface area contributed by atoms with Crippen LogP contribution in [0, 0.1) is 0 Å². The molecule has 4 heteroatoms. The van der Waals surface area contributed by atoms with Crippen LogP contribution >= 0.6 is 0 Å². The Bertz CT molecular complexity index is 833. The highest BCUT2D eigenvalue weighted by Crippen LogP contribution is 2.20. The van der Waals surface area contributed by atoms with Crippen LogP contribution in [0.3, 0.4) is 0 Å². The van der Waals surface area contributed by atoms with E-state index >= 15 is 0 Å². The molecule has 0 heterocycles. The SMILES string of the molecule is CC(=O)N(CCOc1ccc2ccccc2c1)OCc1ccccc1. The van der Waals surface area contributed by atoms with E-state index in [-0.39, 0.29) is 5.91 Å². The van der Waals surface area contributed by atoms with E-state index in [0.717, 1.165) is 16.7 Å². The lowest BCUT2D eigenvalue weighted by Gasteiger charge is -2.20. The number of amides is 1. The van der Waals surface area contributed by atoms with Crippen LogP contribution in [0.2, 0.25) is 0 Å². The molecule has 3 rings (SSSR count). The molecule has 0 spiro atoms. The zero-order valence-corrected chi connectivity index (χ0v) is 14.2. The fourth-order valence-electron chi connectivity index (χ4n) is 2.54. The average Bonchev–Trinajstić information content (AvgIpc) is 2.65. The monoisotopic (exact) mass is 335 g/mol. The first-order chi connectivity index (χ1) is 12.2. The number of nitrogens with zero attached hydrogens (tertiary/aromatic N) is 1. The van der Waals surface area contributed by atoms with Crippen molar-refractivity contribution in [2.45, 2.75) is 13.5 Å². The number of carbonyl (C=O) groups is 1. The van der Waals surface area contributed by atoms with E-state index in [2.05, 4.69) is 6.07 Å². The quantitative estimate of drug-likeness (QED) is 0.608. The van der Waals surface area contributed by atoms with Gasteiger partial charge in [-0.05, 0) is 28.5 Å². The second kappa shape index (κ2) is 8.31. The maximum absolute atomic E-state index is 11.7. The van der Waals surface area contributed by atoms with Gasteiger partial charge in [-0.3, -0.25) is 9.63 Å². The summed E-state index contributed by atoms with van der Waals surface area (Å²) in [5.74, 6) is 0.642. The predicted molar refractivity (Wildman–Crippen MR) is 98.1 cm³/mol. The molecule has 0 unspecified atom stereocenters. The molecule has 0 aliphatic heterocycles. The number of rotatable bonds is 7. The molecule has 3 aromatic rings. The van der Waals surface area contributed by atoms with Gasteiger partial charge in [0.1, 0.15) is 19.0 Å². The molecule has 3 aromatic carbocycles. The van der Waals surface area contributed by atoms with E-state index in [4.69, 9.17) is 9.57 Å². The second-order valence-electron chi connectivity index (χ2n) is 5.74. The minimum atomic E-state index is -0.141. The molecule has 0 fully saturated rings. The predicted octanol–water partition coefficient (Wildman–Crippen LogP) is 4.20. The molecular formula is C21H21NO3. The van der Waals surface area contributed by atoms with Gasteiger partial charge in [0, 0.05) is 6.92 Å². The number of ether oxygens (including phenoxy) is 1. The van der Waals surface area contributed by atoms with E-state index in [1.54, 1.807) is 0 Å². The van der Waals surface area contributed by atoms with Gasteiger partial charge in [0.25, 0.3) is 0 Å². The van der Waals surface area contributed by atoms with Crippen molar-refractivity contribution in [1.82, 2.24) is 5.06 Å². The lowest BCUT2D eigenvalue weighted by Crippen LogP contribution is -2.32. The Morgan fingerprint density at radius 3 is 2.40 bits per heavy atom. The maximum atomic E-state index is 11.7. The van der Waals surface area contributed by atoms with Crippen molar-refractivity contribution in [2.24, 2.45) is 0 Å². The third kappa shape index (κ3) is 4.81. The normalized spacial score (nSPS) is 10.6. The van der Waals surface area contributed by atoms with Crippen LogP contribution in [0.15, 0.2) is 72.8 Å². The smallest absolute Gasteiger partial charge is 0.243 e. The van der Waals surface area contributed by atoms with Crippen LogP contribution in [0.5, 0.6) is 5.75 Å². The first-order valence-electron chi connectivity index (χ1n) is 8.29. The summed E-state index contributed by atoms with van der Waals surface area (Å²) < 4.78 is 5.77. The summed E-state index contributed by atoms with van der Waals surface area (Å²) in [6.45, 7) is 2.58. The zero-order valence-electron chi connectivity index (χ0n) is 14.2. The molecule has 128 valence electrons. The van der Waals surface area contributed by atoms with Crippen molar-refractivity contribution >= 4 is 16.7 Å². The van der Waals surface area contributed by atoms with Crippen LogP contribution < -0.4 is 4.74 Å². The highest BCUT2D eigenvalue weighted by Gasteiger charge is 2.10. The van der Waals surface area contributed by atoms with Gasteiger partial charge in [-0.15, -0.1) is 0 Å². The molecule has 25 heavy (non-hydrogen) atoms. The molecule has 0 saturated heterocycles. The largest absolute Gasteiger partial charge is 0.492 e. The lowest BCUT2D eigenvalue weighted by atomic mass is 10.1. The molecule has 0 saturated carbocycles. The summed E-state index contributed by atoms with van der Waals surface area (Å²) in [7, 11) is 0. The summed E-state index contributed by atoms with van der Waals surface area (Å²) in [4.78, 5) is 17.3. The lowest BCUT2D eigenvalue weighted by molar-refractivity contribution is -0.190. The van der Waals surface area contributed by atoms with Gasteiger partial charge in [0.15, 0.2) is 0 Å². The summed E-state index contributed by atoms with van der Waals surface area (Å²) in [6, 6.07) is 23.8. The van der Waals surface area contributed by atoms with Gasteiger partial charge in [-0.1, -0.05) is 60.7 Å². The fourth-order valence-corrected chi connectivity index (χ4v) is 2.54. The molecule has 0 radical (unpaired) electrons. The van der Waals surface area contributed by atoms with Crippen LogP contribution in [0.25, 0.3) is 10.8 Å². The van der Waals surface area contributed by atoms with Crippen molar-refractivity contribution in [2.75, 3.05) is 13.2 Å². The summed E-state index contributed by atoms with van der Waals surface area (Å²) in [6.07, 6.45) is 0. The van der Waals surface area contributed by atoms with Crippen molar-refractivity contribution in [3.05, 3.63) is 78.4 Å². The minimum Gasteiger partial charge on any atom is -0.492 e. The van der Waals surface area contributed by atoms with Gasteiger partial charge < -0.3 is 4.74 Å². The Hall–Kier alpha value is -2.85. The molecular weight excluding hydrogens is 314 g/mol. The first kappa shape index (κ1) is 17.0. The molecule has 0 aliphatic rings. The number of carbonyl (C=O) groups excluding carboxylic acids is 1. The highest BCUT2D eigenvalue weighted by molar-refractivity contribution is 5.83. The van der Waals surface area contributed by atoms with Crippen molar-refractivity contribution in [3.63, 3.8) is 0 Å². The molecule has 0 aliphatic carbocycles. The van der Waals surface area contributed by atoms with Crippen LogP contribution in [0.1, 0.15) is 12.5 Å². The standard InChI is InChI=1S/C21H21NO3/c1-17(23)22(25-16-18-7-3-2-4-8-18)13-14-24-21-12-11-19-9-5-6-10-20(19)15-21/h2-12,15H,13-14,16H2,1H3. The first-order valence-corrected chi connectivity index (χ1v) is 8.29. The zero-order chi connectivity index (χ0) is 17.5. The van der Waals surface area contributed by atoms with E-state index < -0.39 is 0 Å². The third-order valence-electron chi connectivity index (χ3n) is 3.87. The molecule has 4 nitrogen and oxygen atoms in total. The Labute approximate surface area is 147 Å². The Morgan fingerprint density at radius 2 is 1.64 bits per heavy atom. The van der Waals surface area contributed by atoms with Gasteiger partial charge in [-0.25, -0.2) is 5.06 Å². The molecule has 1 amide bonds. The Balaban J connectivity index is 1.53. The summed E-state index contributed by atoms with van der Waals surface area (Å²) in [5.41, 5.74) is 1.02. The summed E-state index contributed by atoms with van der Waals surface area (Å²) >= 11 is 0. The topological polar surface area (TPSA) is 38.8 Å². The van der Waals surface area contributed by atoms with E-state index in [0.29, 0.717) is 19.8 Å². The van der Waals surface area contributed by atoms with Gasteiger partial charge in [0.2, 0.25) is 5.91 Å². The molecule has 0 atom stereocenters. The minimum absolute atomic E-state index is 0.141. The Kier molecular flexibility index (Phi) is 5.65. The van der Waals surface area contributed by atoms with Gasteiger partial charge in [-0.2, -0.15) is 0 Å². The van der Waals surface area contributed by atoms with E-state index in [9.17, 15) is 4.79 Å². The van der Waals surface area contributed by atoms with Crippen molar-refractivity contribution in [3.8, 4) is 5.75 Å². The summed E-state index contributed by atoms with van der Waals surface area (Å²) in [5, 5.41) is 3.64. The highest BCUT2D eigenvalue weighted by atomic mass is 16.7. The third-order valence-corrected chi connectivity index (χ3v) is 3.87. The molecule has 0 bridgehead atoms.